The average Bonchev–Trinajstić information content (AvgIpc) is 2.76. The molecule has 3 nitrogen and oxygen atoms in total. The Morgan fingerprint density at radius 1 is 1.38 bits per heavy atom. The molecule has 0 saturated carbocycles. The lowest BCUT2D eigenvalue weighted by molar-refractivity contribution is 0.620. The van der Waals surface area contributed by atoms with E-state index in [2.05, 4.69) is 15.3 Å². The van der Waals surface area contributed by atoms with Gasteiger partial charge in [-0.3, -0.25) is 0 Å². The van der Waals surface area contributed by atoms with Crippen molar-refractivity contribution in [1.82, 2.24) is 15.3 Å². The number of H-pyrrole nitrogens is 1. The molecule has 2 N–H and O–H groups in total. The molecule has 1 aromatic carbocycles. The molecule has 1 heterocycles. The molecule has 0 bridgehead atoms. The molecule has 2 rings (SSSR count). The van der Waals surface area contributed by atoms with E-state index in [0.717, 1.165) is 11.3 Å². The van der Waals surface area contributed by atoms with Crippen molar-refractivity contribution < 1.29 is 4.39 Å². The number of aromatic amines is 1. The zero-order valence-corrected chi connectivity index (χ0v) is 9.26. The van der Waals surface area contributed by atoms with E-state index in [4.69, 9.17) is 11.6 Å². The van der Waals surface area contributed by atoms with Gasteiger partial charge >= 0.3 is 0 Å². The van der Waals surface area contributed by atoms with Gasteiger partial charge in [-0.2, -0.15) is 0 Å². The van der Waals surface area contributed by atoms with Crippen LogP contribution in [0.5, 0.6) is 0 Å². The lowest BCUT2D eigenvalue weighted by Gasteiger charge is -2.04. The van der Waals surface area contributed by atoms with Crippen LogP contribution in [0.3, 0.4) is 0 Å². The largest absolute Gasteiger partial charge is 0.347 e. The van der Waals surface area contributed by atoms with Crippen molar-refractivity contribution in [3.8, 4) is 0 Å². The van der Waals surface area contributed by atoms with Crippen molar-refractivity contribution >= 4 is 11.6 Å². The number of aromatic nitrogens is 2. The Morgan fingerprint density at radius 2 is 2.25 bits per heavy atom. The van der Waals surface area contributed by atoms with Gasteiger partial charge in [-0.15, -0.1) is 0 Å². The molecule has 0 aliphatic heterocycles. The zero-order chi connectivity index (χ0) is 11.4. The van der Waals surface area contributed by atoms with Crippen molar-refractivity contribution in [3.05, 3.63) is 52.8 Å². The smallest absolute Gasteiger partial charge is 0.142 e. The lowest BCUT2D eigenvalue weighted by atomic mass is 10.2. The van der Waals surface area contributed by atoms with Gasteiger partial charge in [0.05, 0.1) is 11.3 Å². The summed E-state index contributed by atoms with van der Waals surface area (Å²) in [6.45, 7) is 1.26. The van der Waals surface area contributed by atoms with Gasteiger partial charge in [0.15, 0.2) is 0 Å². The average molecular weight is 240 g/mol. The Kier molecular flexibility index (Phi) is 3.54. The quantitative estimate of drug-likeness (QED) is 0.861. The van der Waals surface area contributed by atoms with E-state index in [1.54, 1.807) is 24.7 Å². The molecule has 0 spiro atoms. The summed E-state index contributed by atoms with van der Waals surface area (Å²) in [7, 11) is 0. The lowest BCUT2D eigenvalue weighted by Crippen LogP contribution is -2.12. The van der Waals surface area contributed by atoms with E-state index < -0.39 is 0 Å². The van der Waals surface area contributed by atoms with Crippen LogP contribution in [0.15, 0.2) is 30.7 Å². The van der Waals surface area contributed by atoms with E-state index in [-0.39, 0.29) is 10.8 Å². The van der Waals surface area contributed by atoms with Crippen molar-refractivity contribution in [3.63, 3.8) is 0 Å². The van der Waals surface area contributed by atoms with E-state index in [0.29, 0.717) is 13.1 Å². The third-order valence-corrected chi connectivity index (χ3v) is 2.49. The minimum Gasteiger partial charge on any atom is -0.347 e. The maximum absolute atomic E-state index is 13.1. The molecule has 16 heavy (non-hydrogen) atoms. The summed E-state index contributed by atoms with van der Waals surface area (Å²) < 4.78 is 13.1. The molecular weight excluding hydrogens is 229 g/mol. The highest BCUT2D eigenvalue weighted by atomic mass is 35.5. The van der Waals surface area contributed by atoms with Gasteiger partial charge in [0.25, 0.3) is 0 Å². The van der Waals surface area contributed by atoms with Crippen LogP contribution in [0.1, 0.15) is 11.3 Å². The number of imidazole rings is 1. The van der Waals surface area contributed by atoms with Crippen LogP contribution in [0.4, 0.5) is 4.39 Å². The third-order valence-electron chi connectivity index (χ3n) is 2.18. The minimum absolute atomic E-state index is 0.150. The summed E-state index contributed by atoms with van der Waals surface area (Å²) in [5.74, 6) is -0.387. The number of halogens is 2. The summed E-state index contributed by atoms with van der Waals surface area (Å²) >= 11 is 5.59. The number of benzene rings is 1. The number of hydrogen-bond acceptors (Lipinski definition) is 2. The van der Waals surface area contributed by atoms with E-state index in [9.17, 15) is 4.39 Å². The van der Waals surface area contributed by atoms with Gasteiger partial charge in [-0.1, -0.05) is 17.7 Å². The molecule has 0 saturated heterocycles. The summed E-state index contributed by atoms with van der Waals surface area (Å²) in [5.41, 5.74) is 1.86. The fourth-order valence-electron chi connectivity index (χ4n) is 1.37. The SMILES string of the molecule is Fc1cc(CNCc2cnc[nH]2)ccc1Cl. The van der Waals surface area contributed by atoms with Crippen molar-refractivity contribution in [2.24, 2.45) is 0 Å². The molecule has 1 aromatic heterocycles. The summed E-state index contributed by atoms with van der Waals surface area (Å²) in [6, 6.07) is 4.79. The fraction of sp³-hybridized carbons (Fsp3) is 0.182. The second kappa shape index (κ2) is 5.09. The Morgan fingerprint density at radius 3 is 2.94 bits per heavy atom. The van der Waals surface area contributed by atoms with E-state index >= 15 is 0 Å². The minimum atomic E-state index is -0.387. The maximum atomic E-state index is 13.1. The highest BCUT2D eigenvalue weighted by Crippen LogP contribution is 2.15. The molecule has 0 aliphatic rings. The molecule has 0 aliphatic carbocycles. The molecule has 84 valence electrons. The van der Waals surface area contributed by atoms with E-state index in [1.165, 1.54) is 6.07 Å². The van der Waals surface area contributed by atoms with Crippen molar-refractivity contribution in [2.75, 3.05) is 0 Å². The second-order valence-corrected chi connectivity index (χ2v) is 3.84. The van der Waals surface area contributed by atoms with E-state index in [1.807, 2.05) is 0 Å². The Hall–Kier alpha value is -1.39. The first-order valence-corrected chi connectivity index (χ1v) is 5.25. The zero-order valence-electron chi connectivity index (χ0n) is 8.50. The molecule has 2 aromatic rings. The number of nitrogens with zero attached hydrogens (tertiary/aromatic N) is 1. The van der Waals surface area contributed by atoms with Crippen molar-refractivity contribution in [2.45, 2.75) is 13.1 Å². The normalized spacial score (nSPS) is 10.6. The number of hydrogen-bond donors (Lipinski definition) is 2. The Bertz CT molecular complexity index is 456. The summed E-state index contributed by atoms with van der Waals surface area (Å²) in [4.78, 5) is 6.88. The van der Waals surface area contributed by atoms with Crippen LogP contribution in [-0.4, -0.2) is 9.97 Å². The van der Waals surface area contributed by atoms with Gasteiger partial charge in [0.2, 0.25) is 0 Å². The fourth-order valence-corrected chi connectivity index (χ4v) is 1.49. The van der Waals surface area contributed by atoms with Crippen LogP contribution in [0.25, 0.3) is 0 Å². The van der Waals surface area contributed by atoms with Crippen molar-refractivity contribution in [1.29, 1.82) is 0 Å². The van der Waals surface area contributed by atoms with Crippen LogP contribution < -0.4 is 5.32 Å². The van der Waals surface area contributed by atoms with Crippen LogP contribution in [-0.2, 0) is 13.1 Å². The predicted molar refractivity (Wildman–Crippen MR) is 60.5 cm³/mol. The number of rotatable bonds is 4. The number of nitrogens with one attached hydrogen (secondary N) is 2. The molecule has 0 atom stereocenters. The molecule has 0 radical (unpaired) electrons. The topological polar surface area (TPSA) is 40.7 Å². The first-order chi connectivity index (χ1) is 7.75. The predicted octanol–water partition coefficient (Wildman–Crippen LogP) is 2.49. The monoisotopic (exact) mass is 239 g/mol. The van der Waals surface area contributed by atoms with Gasteiger partial charge in [0.1, 0.15) is 5.82 Å². The highest BCUT2D eigenvalue weighted by Gasteiger charge is 2.00. The highest BCUT2D eigenvalue weighted by molar-refractivity contribution is 6.30. The molecule has 5 heteroatoms. The summed E-state index contributed by atoms with van der Waals surface area (Å²) in [6.07, 6.45) is 3.37. The van der Waals surface area contributed by atoms with Gasteiger partial charge in [-0.05, 0) is 17.7 Å². The first-order valence-electron chi connectivity index (χ1n) is 4.87. The first kappa shape index (κ1) is 11.1. The Labute approximate surface area is 97.7 Å². The molecule has 0 fully saturated rings. The van der Waals surface area contributed by atoms with Gasteiger partial charge < -0.3 is 10.3 Å². The summed E-state index contributed by atoms with van der Waals surface area (Å²) in [5, 5.41) is 3.32. The second-order valence-electron chi connectivity index (χ2n) is 3.43. The van der Waals surface area contributed by atoms with Gasteiger partial charge in [-0.25, -0.2) is 9.37 Å². The third kappa shape index (κ3) is 2.81. The molecule has 0 amide bonds. The molecular formula is C11H11ClFN3. The maximum Gasteiger partial charge on any atom is 0.142 e. The standard InChI is InChI=1S/C11H11ClFN3/c12-10-2-1-8(3-11(10)13)4-14-5-9-6-15-7-16-9/h1-3,6-7,14H,4-5H2,(H,15,16). The molecule has 0 unspecified atom stereocenters. The van der Waals surface area contributed by atoms with Crippen LogP contribution in [0.2, 0.25) is 5.02 Å². The van der Waals surface area contributed by atoms with Crippen LogP contribution in [0, 0.1) is 5.82 Å². The Balaban J connectivity index is 1.87. The van der Waals surface area contributed by atoms with Gasteiger partial charge in [0, 0.05) is 25.0 Å². The van der Waals surface area contributed by atoms with Crippen LogP contribution >= 0.6 is 11.6 Å².